The van der Waals surface area contributed by atoms with Gasteiger partial charge in [0.25, 0.3) is 5.78 Å². The van der Waals surface area contributed by atoms with Gasteiger partial charge in [0.1, 0.15) is 5.76 Å². The Balaban J connectivity index is 1.55. The van der Waals surface area contributed by atoms with Gasteiger partial charge in [-0.05, 0) is 48.6 Å². The van der Waals surface area contributed by atoms with E-state index < -0.39 is 17.7 Å². The van der Waals surface area contributed by atoms with E-state index in [1.165, 1.54) is 28.0 Å². The van der Waals surface area contributed by atoms with Crippen molar-refractivity contribution < 1.29 is 24.2 Å². The lowest BCUT2D eigenvalue weighted by molar-refractivity contribution is -0.132. The molecular formula is C33H32ClN3O5S2. The topological polar surface area (TPSA) is 102 Å². The monoisotopic (exact) mass is 649 g/mol. The van der Waals surface area contributed by atoms with Crippen molar-refractivity contribution in [1.29, 1.82) is 0 Å². The van der Waals surface area contributed by atoms with E-state index >= 15 is 0 Å². The summed E-state index contributed by atoms with van der Waals surface area (Å²) in [6.07, 6.45) is 0.873. The molecule has 1 aliphatic rings. The van der Waals surface area contributed by atoms with Crippen LogP contribution in [0.3, 0.4) is 0 Å². The molecule has 11 heteroatoms. The summed E-state index contributed by atoms with van der Waals surface area (Å²) in [5.41, 5.74) is 1.88. The highest BCUT2D eigenvalue weighted by Crippen LogP contribution is 2.45. The third-order valence-electron chi connectivity index (χ3n) is 6.94. The SMILES string of the molecule is CCOc1cc(C2/C(=C(\O)c3ccccc3)C(=O)C(=O)N2c2nnc(SCc3ccccc3Cl)s2)ccc1OCCC(C)C. The number of carbonyl (C=O) groups excluding carboxylic acids is 2. The predicted octanol–water partition coefficient (Wildman–Crippen LogP) is 7.93. The summed E-state index contributed by atoms with van der Waals surface area (Å²) < 4.78 is 12.6. The quantitative estimate of drug-likeness (QED) is 0.0543. The number of aliphatic hydroxyl groups excluding tert-OH is 1. The molecule has 1 N–H and O–H groups in total. The summed E-state index contributed by atoms with van der Waals surface area (Å²) in [6, 6.07) is 20.6. The molecule has 1 saturated heterocycles. The van der Waals surface area contributed by atoms with Crippen LogP contribution in [0.1, 0.15) is 49.9 Å². The Morgan fingerprint density at radius 1 is 1.02 bits per heavy atom. The molecule has 1 amide bonds. The number of anilines is 1. The second kappa shape index (κ2) is 14.3. The summed E-state index contributed by atoms with van der Waals surface area (Å²) in [4.78, 5) is 28.5. The Hall–Kier alpha value is -3.86. The summed E-state index contributed by atoms with van der Waals surface area (Å²) in [7, 11) is 0. The van der Waals surface area contributed by atoms with Crippen molar-refractivity contribution in [2.24, 2.45) is 5.92 Å². The fourth-order valence-electron chi connectivity index (χ4n) is 4.70. The molecule has 228 valence electrons. The summed E-state index contributed by atoms with van der Waals surface area (Å²) >= 11 is 8.94. The van der Waals surface area contributed by atoms with Crippen molar-refractivity contribution in [2.45, 2.75) is 43.3 Å². The first kappa shape index (κ1) is 31.6. The third kappa shape index (κ3) is 6.93. The lowest BCUT2D eigenvalue weighted by Gasteiger charge is -2.23. The van der Waals surface area contributed by atoms with Crippen LogP contribution in [0.5, 0.6) is 11.5 Å². The number of hydrogen-bond acceptors (Lipinski definition) is 9. The van der Waals surface area contributed by atoms with Crippen LogP contribution in [0.25, 0.3) is 5.76 Å². The molecule has 44 heavy (non-hydrogen) atoms. The van der Waals surface area contributed by atoms with E-state index in [9.17, 15) is 14.7 Å². The van der Waals surface area contributed by atoms with Crippen LogP contribution in [0.2, 0.25) is 5.02 Å². The lowest BCUT2D eigenvalue weighted by Crippen LogP contribution is -2.29. The Morgan fingerprint density at radius 2 is 1.77 bits per heavy atom. The molecule has 1 atom stereocenters. The number of ether oxygens (including phenoxy) is 2. The van der Waals surface area contributed by atoms with Gasteiger partial charge in [-0.3, -0.25) is 14.5 Å². The van der Waals surface area contributed by atoms with E-state index in [0.29, 0.717) is 56.9 Å². The lowest BCUT2D eigenvalue weighted by atomic mass is 9.95. The largest absolute Gasteiger partial charge is 0.507 e. The first-order valence-electron chi connectivity index (χ1n) is 14.2. The van der Waals surface area contributed by atoms with E-state index in [1.807, 2.05) is 37.3 Å². The van der Waals surface area contributed by atoms with Gasteiger partial charge in [0.15, 0.2) is 15.8 Å². The molecular weight excluding hydrogens is 618 g/mol. The highest BCUT2D eigenvalue weighted by atomic mass is 35.5. The van der Waals surface area contributed by atoms with Crippen LogP contribution in [0, 0.1) is 5.92 Å². The summed E-state index contributed by atoms with van der Waals surface area (Å²) in [5, 5.41) is 20.9. The maximum absolute atomic E-state index is 13.6. The zero-order valence-corrected chi connectivity index (χ0v) is 26.9. The maximum Gasteiger partial charge on any atom is 0.301 e. The minimum absolute atomic E-state index is 0.0439. The van der Waals surface area contributed by atoms with Crippen molar-refractivity contribution in [3.63, 3.8) is 0 Å². The van der Waals surface area contributed by atoms with Gasteiger partial charge in [-0.25, -0.2) is 0 Å². The molecule has 0 spiro atoms. The number of benzene rings is 3. The van der Waals surface area contributed by atoms with Crippen LogP contribution in [0.15, 0.2) is 82.7 Å². The normalized spacial score (nSPS) is 16.1. The van der Waals surface area contributed by atoms with Crippen molar-refractivity contribution in [2.75, 3.05) is 18.1 Å². The number of hydrogen-bond donors (Lipinski definition) is 1. The number of aromatic nitrogens is 2. The number of aliphatic hydroxyl groups is 1. The molecule has 3 aromatic carbocycles. The molecule has 2 heterocycles. The first-order chi connectivity index (χ1) is 21.3. The van der Waals surface area contributed by atoms with Gasteiger partial charge in [0.05, 0.1) is 24.8 Å². The maximum atomic E-state index is 13.6. The Bertz CT molecular complexity index is 1670. The van der Waals surface area contributed by atoms with Crippen molar-refractivity contribution in [3.8, 4) is 11.5 Å². The van der Waals surface area contributed by atoms with Gasteiger partial charge >= 0.3 is 5.91 Å². The minimum Gasteiger partial charge on any atom is -0.507 e. The number of rotatable bonds is 12. The summed E-state index contributed by atoms with van der Waals surface area (Å²) in [6.45, 7) is 7.02. The average molecular weight is 650 g/mol. The van der Waals surface area contributed by atoms with Crippen molar-refractivity contribution in [1.82, 2.24) is 10.2 Å². The third-order valence-corrected chi connectivity index (χ3v) is 9.41. The van der Waals surface area contributed by atoms with Crippen LogP contribution in [0.4, 0.5) is 5.13 Å². The minimum atomic E-state index is -0.978. The molecule has 8 nitrogen and oxygen atoms in total. The van der Waals surface area contributed by atoms with Gasteiger partial charge in [0.2, 0.25) is 5.13 Å². The Labute approximate surface area is 269 Å². The van der Waals surface area contributed by atoms with Crippen molar-refractivity contribution >= 4 is 57.3 Å². The molecule has 1 aliphatic heterocycles. The number of nitrogens with zero attached hydrogens (tertiary/aromatic N) is 3. The highest BCUT2D eigenvalue weighted by molar-refractivity contribution is 8.00. The molecule has 4 aromatic rings. The standard InChI is InChI=1S/C33H32ClN3O5S2/c1-4-41-26-18-22(14-15-25(26)42-17-16-20(2)3)28-27(29(38)21-10-6-5-7-11-21)30(39)31(40)37(28)32-35-36-33(44-32)43-19-23-12-8-9-13-24(23)34/h5-15,18,20,28,38H,4,16-17,19H2,1-3H3/b29-27+. The number of Topliss-reactive ketones (excluding diaryl/α,β-unsaturated/α-hetero) is 1. The number of amides is 1. The predicted molar refractivity (Wildman–Crippen MR) is 175 cm³/mol. The van der Waals surface area contributed by atoms with Gasteiger partial charge in [0, 0.05) is 16.3 Å². The van der Waals surface area contributed by atoms with E-state index in [1.54, 1.807) is 42.5 Å². The molecule has 0 saturated carbocycles. The zero-order chi connectivity index (χ0) is 31.2. The second-order valence-corrected chi connectivity index (χ2v) is 13.0. The number of thioether (sulfide) groups is 1. The fraction of sp³-hybridized carbons (Fsp3) is 0.273. The molecule has 0 aliphatic carbocycles. The first-order valence-corrected chi connectivity index (χ1v) is 16.4. The van der Waals surface area contributed by atoms with E-state index in [2.05, 4.69) is 24.0 Å². The van der Waals surface area contributed by atoms with Gasteiger partial charge < -0.3 is 14.6 Å². The second-order valence-electron chi connectivity index (χ2n) is 10.4. The smallest absolute Gasteiger partial charge is 0.301 e. The van der Waals surface area contributed by atoms with E-state index in [0.717, 1.165) is 12.0 Å². The van der Waals surface area contributed by atoms with E-state index in [4.69, 9.17) is 21.1 Å². The van der Waals surface area contributed by atoms with Gasteiger partial charge in [-0.15, -0.1) is 10.2 Å². The van der Waals surface area contributed by atoms with Crippen LogP contribution >= 0.6 is 34.7 Å². The Kier molecular flexibility index (Phi) is 10.2. The molecule has 0 bridgehead atoms. The van der Waals surface area contributed by atoms with Crippen molar-refractivity contribution in [3.05, 3.63) is 100 Å². The van der Waals surface area contributed by atoms with Crippen LogP contribution < -0.4 is 14.4 Å². The molecule has 5 rings (SSSR count). The van der Waals surface area contributed by atoms with E-state index in [-0.39, 0.29) is 16.5 Å². The molecule has 0 radical (unpaired) electrons. The average Bonchev–Trinajstić information content (AvgIpc) is 3.59. The van der Waals surface area contributed by atoms with Crippen LogP contribution in [-0.4, -0.2) is 40.2 Å². The number of carbonyl (C=O) groups is 2. The number of halogens is 1. The fourth-order valence-corrected chi connectivity index (χ4v) is 6.85. The van der Waals surface area contributed by atoms with Gasteiger partial charge in [-0.2, -0.15) is 0 Å². The van der Waals surface area contributed by atoms with Crippen LogP contribution in [-0.2, 0) is 15.3 Å². The molecule has 1 fully saturated rings. The highest BCUT2D eigenvalue weighted by Gasteiger charge is 2.48. The summed E-state index contributed by atoms with van der Waals surface area (Å²) in [5.74, 6) is 0.179. The Morgan fingerprint density at radius 3 is 2.50 bits per heavy atom. The zero-order valence-electron chi connectivity index (χ0n) is 24.5. The molecule has 1 aromatic heterocycles. The number of ketones is 1. The molecule has 1 unspecified atom stereocenters. The van der Waals surface area contributed by atoms with Gasteiger partial charge in [-0.1, -0.05) is 103 Å².